The molecule has 0 radical (unpaired) electrons. The van der Waals surface area contributed by atoms with E-state index in [1.165, 1.54) is 6.42 Å². The second-order valence-electron chi connectivity index (χ2n) is 4.61. The lowest BCUT2D eigenvalue weighted by Crippen LogP contribution is -2.53. The Morgan fingerprint density at radius 1 is 1.40 bits per heavy atom. The third kappa shape index (κ3) is 3.33. The van der Waals surface area contributed by atoms with Crippen molar-refractivity contribution >= 4 is 21.4 Å². The number of sulfone groups is 1. The SMILES string of the molecule is CC(C)S(=O)(=O)CCNC1(CCl)CCC1. The maximum absolute atomic E-state index is 11.5. The fourth-order valence-electron chi connectivity index (χ4n) is 1.66. The highest BCUT2D eigenvalue weighted by molar-refractivity contribution is 7.92. The highest BCUT2D eigenvalue weighted by atomic mass is 35.5. The minimum atomic E-state index is -2.92. The molecule has 0 atom stereocenters. The van der Waals surface area contributed by atoms with E-state index in [0.29, 0.717) is 12.4 Å². The van der Waals surface area contributed by atoms with Gasteiger partial charge in [0.25, 0.3) is 0 Å². The van der Waals surface area contributed by atoms with Crippen LogP contribution >= 0.6 is 11.6 Å². The number of hydrogen-bond acceptors (Lipinski definition) is 3. The van der Waals surface area contributed by atoms with Crippen LogP contribution in [0.3, 0.4) is 0 Å². The molecule has 1 N–H and O–H groups in total. The Labute approximate surface area is 97.5 Å². The van der Waals surface area contributed by atoms with Crippen LogP contribution in [-0.4, -0.2) is 37.4 Å². The second kappa shape index (κ2) is 5.02. The van der Waals surface area contributed by atoms with Crippen molar-refractivity contribution in [3.8, 4) is 0 Å². The summed E-state index contributed by atoms with van der Waals surface area (Å²) < 4.78 is 23.1. The summed E-state index contributed by atoms with van der Waals surface area (Å²) in [4.78, 5) is 0. The van der Waals surface area contributed by atoms with Crippen LogP contribution in [0.4, 0.5) is 0 Å². The Balaban J connectivity index is 2.33. The summed E-state index contributed by atoms with van der Waals surface area (Å²) in [6.45, 7) is 3.96. The van der Waals surface area contributed by atoms with Crippen LogP contribution in [0.15, 0.2) is 0 Å². The molecule has 90 valence electrons. The standard InChI is InChI=1S/C10H20ClNO2S/c1-9(2)15(13,14)7-6-12-10(8-11)4-3-5-10/h9,12H,3-8H2,1-2H3. The molecule has 0 bridgehead atoms. The van der Waals surface area contributed by atoms with Gasteiger partial charge < -0.3 is 5.32 Å². The van der Waals surface area contributed by atoms with Gasteiger partial charge in [0.15, 0.2) is 9.84 Å². The van der Waals surface area contributed by atoms with Crippen molar-refractivity contribution in [1.82, 2.24) is 5.32 Å². The van der Waals surface area contributed by atoms with Gasteiger partial charge in [0.1, 0.15) is 0 Å². The molecule has 1 saturated carbocycles. The van der Waals surface area contributed by atoms with Gasteiger partial charge in [-0.3, -0.25) is 0 Å². The average molecular weight is 254 g/mol. The summed E-state index contributed by atoms with van der Waals surface area (Å²) in [5.41, 5.74) is 0.0219. The van der Waals surface area contributed by atoms with E-state index in [1.54, 1.807) is 13.8 Å². The Hall–Kier alpha value is 0.200. The fourth-order valence-corrected chi connectivity index (χ4v) is 2.88. The van der Waals surface area contributed by atoms with Crippen LogP contribution in [0.25, 0.3) is 0 Å². The van der Waals surface area contributed by atoms with E-state index in [9.17, 15) is 8.42 Å². The molecule has 0 aromatic heterocycles. The van der Waals surface area contributed by atoms with Crippen molar-refractivity contribution in [3.63, 3.8) is 0 Å². The largest absolute Gasteiger partial charge is 0.309 e. The van der Waals surface area contributed by atoms with E-state index in [0.717, 1.165) is 12.8 Å². The van der Waals surface area contributed by atoms with Crippen LogP contribution in [0, 0.1) is 0 Å². The first-order valence-corrected chi connectivity index (χ1v) is 7.69. The number of nitrogens with one attached hydrogen (secondary N) is 1. The van der Waals surface area contributed by atoms with E-state index in [2.05, 4.69) is 5.32 Å². The van der Waals surface area contributed by atoms with E-state index >= 15 is 0 Å². The van der Waals surface area contributed by atoms with E-state index in [-0.39, 0.29) is 16.5 Å². The molecule has 1 aliphatic carbocycles. The minimum Gasteiger partial charge on any atom is -0.309 e. The molecule has 0 aromatic carbocycles. The van der Waals surface area contributed by atoms with Crippen molar-refractivity contribution in [2.45, 2.75) is 43.9 Å². The lowest BCUT2D eigenvalue weighted by molar-refractivity contribution is 0.218. The fraction of sp³-hybridized carbons (Fsp3) is 1.00. The van der Waals surface area contributed by atoms with Gasteiger partial charge in [0, 0.05) is 18.0 Å². The zero-order valence-electron chi connectivity index (χ0n) is 9.42. The topological polar surface area (TPSA) is 46.2 Å². The molecular weight excluding hydrogens is 234 g/mol. The summed E-state index contributed by atoms with van der Waals surface area (Å²) in [6.07, 6.45) is 3.33. The summed E-state index contributed by atoms with van der Waals surface area (Å²) in [5, 5.41) is 3.00. The van der Waals surface area contributed by atoms with Gasteiger partial charge in [-0.1, -0.05) is 0 Å². The normalized spacial score (nSPS) is 20.3. The Kier molecular flexibility index (Phi) is 4.44. The molecule has 0 spiro atoms. The van der Waals surface area contributed by atoms with Crippen molar-refractivity contribution in [1.29, 1.82) is 0 Å². The highest BCUT2D eigenvalue weighted by Gasteiger charge is 2.35. The minimum absolute atomic E-state index is 0.0219. The van der Waals surface area contributed by atoms with Gasteiger partial charge >= 0.3 is 0 Å². The van der Waals surface area contributed by atoms with Gasteiger partial charge in [-0.25, -0.2) is 8.42 Å². The smallest absolute Gasteiger partial charge is 0.153 e. The first-order valence-electron chi connectivity index (χ1n) is 5.44. The monoisotopic (exact) mass is 253 g/mol. The number of halogens is 1. The molecule has 5 heteroatoms. The molecule has 15 heavy (non-hydrogen) atoms. The lowest BCUT2D eigenvalue weighted by atomic mass is 9.78. The summed E-state index contributed by atoms with van der Waals surface area (Å²) in [7, 11) is -2.92. The maximum atomic E-state index is 11.5. The third-order valence-electron chi connectivity index (χ3n) is 3.17. The van der Waals surface area contributed by atoms with Gasteiger partial charge in [0.2, 0.25) is 0 Å². The molecule has 3 nitrogen and oxygen atoms in total. The average Bonchev–Trinajstić information content (AvgIpc) is 2.09. The molecule has 0 unspecified atom stereocenters. The summed E-state index contributed by atoms with van der Waals surface area (Å²) >= 11 is 5.86. The van der Waals surface area contributed by atoms with Crippen molar-refractivity contribution in [2.24, 2.45) is 0 Å². The molecule has 0 amide bonds. The van der Waals surface area contributed by atoms with Crippen LogP contribution in [-0.2, 0) is 9.84 Å². The maximum Gasteiger partial charge on any atom is 0.153 e. The summed E-state index contributed by atoms with van der Waals surface area (Å²) in [6, 6.07) is 0. The van der Waals surface area contributed by atoms with E-state index < -0.39 is 9.84 Å². The molecule has 1 aliphatic rings. The van der Waals surface area contributed by atoms with Crippen molar-refractivity contribution in [2.75, 3.05) is 18.2 Å². The van der Waals surface area contributed by atoms with Gasteiger partial charge in [-0.15, -0.1) is 11.6 Å². The van der Waals surface area contributed by atoms with Gasteiger partial charge in [0.05, 0.1) is 11.0 Å². The van der Waals surface area contributed by atoms with Crippen molar-refractivity contribution < 1.29 is 8.42 Å². The predicted molar refractivity (Wildman–Crippen MR) is 64.2 cm³/mol. The Morgan fingerprint density at radius 3 is 2.33 bits per heavy atom. The second-order valence-corrected chi connectivity index (χ2v) is 7.55. The van der Waals surface area contributed by atoms with Crippen LogP contribution in [0.2, 0.25) is 0 Å². The number of rotatable bonds is 6. The molecule has 1 fully saturated rings. The zero-order chi connectivity index (χ0) is 11.5. The predicted octanol–water partition coefficient (Wildman–Crippen LogP) is 1.56. The first kappa shape index (κ1) is 13.3. The van der Waals surface area contributed by atoms with Gasteiger partial charge in [-0.05, 0) is 33.1 Å². The highest BCUT2D eigenvalue weighted by Crippen LogP contribution is 2.32. The molecule has 0 saturated heterocycles. The molecular formula is C10H20ClNO2S. The van der Waals surface area contributed by atoms with Crippen LogP contribution < -0.4 is 5.32 Å². The molecule has 0 aliphatic heterocycles. The quantitative estimate of drug-likeness (QED) is 0.731. The lowest BCUT2D eigenvalue weighted by Gasteiger charge is -2.41. The first-order chi connectivity index (χ1) is 6.92. The molecule has 0 heterocycles. The third-order valence-corrected chi connectivity index (χ3v) is 5.89. The van der Waals surface area contributed by atoms with E-state index in [4.69, 9.17) is 11.6 Å². The van der Waals surface area contributed by atoms with E-state index in [1.807, 2.05) is 0 Å². The van der Waals surface area contributed by atoms with Crippen LogP contribution in [0.1, 0.15) is 33.1 Å². The Morgan fingerprint density at radius 2 is 2.00 bits per heavy atom. The van der Waals surface area contributed by atoms with Crippen LogP contribution in [0.5, 0.6) is 0 Å². The molecule has 1 rings (SSSR count). The number of alkyl halides is 1. The number of hydrogen-bond donors (Lipinski definition) is 1. The van der Waals surface area contributed by atoms with Gasteiger partial charge in [-0.2, -0.15) is 0 Å². The molecule has 0 aromatic rings. The van der Waals surface area contributed by atoms with Crippen molar-refractivity contribution in [3.05, 3.63) is 0 Å². The summed E-state index contributed by atoms with van der Waals surface area (Å²) in [5.74, 6) is 0.790. The Bertz CT molecular complexity index is 291. The zero-order valence-corrected chi connectivity index (χ0v) is 11.0.